The molecule has 1 saturated heterocycles. The third-order valence-corrected chi connectivity index (χ3v) is 6.54. The van der Waals surface area contributed by atoms with Crippen LogP contribution in [0.2, 0.25) is 0 Å². The zero-order valence-corrected chi connectivity index (χ0v) is 19.2. The molecule has 0 radical (unpaired) electrons. The van der Waals surface area contributed by atoms with Gasteiger partial charge in [-0.15, -0.1) is 16.4 Å². The van der Waals surface area contributed by atoms with E-state index in [0.29, 0.717) is 22.4 Å². The predicted octanol–water partition coefficient (Wildman–Crippen LogP) is 6.15. The molecule has 5 nitrogen and oxygen atoms in total. The van der Waals surface area contributed by atoms with Gasteiger partial charge < -0.3 is 4.42 Å². The number of hydrogen-bond acceptors (Lipinski definition) is 6. The highest BCUT2D eigenvalue weighted by molar-refractivity contribution is 8.18. The van der Waals surface area contributed by atoms with E-state index in [1.54, 1.807) is 28.7 Å². The molecule has 0 atom stereocenters. The first kappa shape index (κ1) is 21.3. The maximum atomic E-state index is 13.0. The van der Waals surface area contributed by atoms with Crippen LogP contribution in [0.4, 0.5) is 0 Å². The van der Waals surface area contributed by atoms with E-state index in [1.165, 1.54) is 17.3 Å². The Hall–Kier alpha value is -2.90. The van der Waals surface area contributed by atoms with Crippen LogP contribution in [-0.4, -0.2) is 22.2 Å². The van der Waals surface area contributed by atoms with E-state index in [4.69, 9.17) is 4.42 Å². The van der Waals surface area contributed by atoms with Crippen molar-refractivity contribution in [2.75, 3.05) is 0 Å². The molecule has 4 rings (SSSR count). The van der Waals surface area contributed by atoms with E-state index in [9.17, 15) is 4.79 Å². The number of rotatable bonds is 5. The minimum Gasteiger partial charge on any atom is -0.467 e. The Morgan fingerprint density at radius 3 is 2.55 bits per heavy atom. The van der Waals surface area contributed by atoms with Gasteiger partial charge in [-0.3, -0.25) is 9.69 Å². The van der Waals surface area contributed by atoms with Crippen LogP contribution in [0, 0.1) is 0 Å². The normalized spacial score (nSPS) is 17.5. The Morgan fingerprint density at radius 2 is 1.90 bits per heavy atom. The van der Waals surface area contributed by atoms with Gasteiger partial charge in [0, 0.05) is 4.88 Å². The molecule has 0 saturated carbocycles. The number of thiophene rings is 1. The van der Waals surface area contributed by atoms with Crippen molar-refractivity contribution in [3.63, 3.8) is 0 Å². The Balaban J connectivity index is 1.56. The molecule has 7 heteroatoms. The zero-order chi connectivity index (χ0) is 21.8. The van der Waals surface area contributed by atoms with Crippen LogP contribution >= 0.6 is 23.1 Å². The van der Waals surface area contributed by atoms with Gasteiger partial charge in [0.25, 0.3) is 5.91 Å². The molecule has 0 bridgehead atoms. The predicted molar refractivity (Wildman–Crippen MR) is 129 cm³/mol. The number of amidine groups is 1. The summed E-state index contributed by atoms with van der Waals surface area (Å²) in [7, 11) is 0. The summed E-state index contributed by atoms with van der Waals surface area (Å²) in [6.07, 6.45) is 5.20. The molecule has 0 spiro atoms. The average molecular weight is 450 g/mol. The molecule has 3 heterocycles. The van der Waals surface area contributed by atoms with Gasteiger partial charge in [0.05, 0.1) is 23.9 Å². The van der Waals surface area contributed by atoms with Crippen LogP contribution in [-0.2, 0) is 16.8 Å². The number of amides is 1. The van der Waals surface area contributed by atoms with Crippen LogP contribution in [0.5, 0.6) is 0 Å². The number of thioether (sulfide) groups is 1. The van der Waals surface area contributed by atoms with Gasteiger partial charge in [-0.2, -0.15) is 5.10 Å². The first-order chi connectivity index (χ1) is 14.9. The van der Waals surface area contributed by atoms with Crippen LogP contribution < -0.4 is 0 Å². The number of hydrogen-bond donors (Lipinski definition) is 0. The molecular weight excluding hydrogens is 426 g/mol. The third-order valence-electron chi connectivity index (χ3n) is 4.73. The molecule has 0 N–H and O–H groups in total. The summed E-state index contributed by atoms with van der Waals surface area (Å²) < 4.78 is 5.43. The van der Waals surface area contributed by atoms with Crippen LogP contribution in [0.3, 0.4) is 0 Å². The van der Waals surface area contributed by atoms with Gasteiger partial charge in [0.2, 0.25) is 0 Å². The fourth-order valence-corrected chi connectivity index (χ4v) is 4.65. The quantitative estimate of drug-likeness (QED) is 0.267. The fourth-order valence-electron chi connectivity index (χ4n) is 3.00. The van der Waals surface area contributed by atoms with E-state index in [0.717, 1.165) is 10.4 Å². The van der Waals surface area contributed by atoms with E-state index in [-0.39, 0.29) is 11.3 Å². The Labute approximate surface area is 190 Å². The smallest absolute Gasteiger partial charge is 0.267 e. The van der Waals surface area contributed by atoms with Crippen molar-refractivity contribution in [3.8, 4) is 0 Å². The highest BCUT2D eigenvalue weighted by atomic mass is 32.2. The highest BCUT2D eigenvalue weighted by Crippen LogP contribution is 2.34. The Kier molecular flexibility index (Phi) is 6.25. The van der Waals surface area contributed by atoms with E-state index in [1.807, 2.05) is 47.9 Å². The zero-order valence-electron chi connectivity index (χ0n) is 17.6. The summed E-state index contributed by atoms with van der Waals surface area (Å²) >= 11 is 2.92. The second-order valence-electron chi connectivity index (χ2n) is 8.10. The minimum absolute atomic E-state index is 0.0988. The molecule has 158 valence electrons. The molecule has 0 unspecified atom stereocenters. The standard InChI is InChI=1S/C24H23N3O2S2/c1-24(2,3)18-10-8-17(9-11-18)15-25-26-23-27(16-19-6-4-12-29-19)22(28)21(31-23)14-20-7-5-13-30-20/h4-15H,16H2,1-3H3/b21-14-,25-15+,26-23-. The molecule has 0 aliphatic carbocycles. The number of carbonyl (C=O) groups is 1. The van der Waals surface area contributed by atoms with Gasteiger partial charge in [0.15, 0.2) is 5.17 Å². The van der Waals surface area contributed by atoms with Crippen molar-refractivity contribution in [1.29, 1.82) is 0 Å². The average Bonchev–Trinajstić information content (AvgIpc) is 3.48. The van der Waals surface area contributed by atoms with Crippen LogP contribution in [0.25, 0.3) is 6.08 Å². The van der Waals surface area contributed by atoms with Crippen molar-refractivity contribution in [2.24, 2.45) is 10.2 Å². The topological polar surface area (TPSA) is 58.2 Å². The van der Waals surface area contributed by atoms with Gasteiger partial charge >= 0.3 is 0 Å². The lowest BCUT2D eigenvalue weighted by atomic mass is 9.87. The van der Waals surface area contributed by atoms with E-state index in [2.05, 4.69) is 43.1 Å². The molecule has 1 fully saturated rings. The summed E-state index contributed by atoms with van der Waals surface area (Å²) in [5.41, 5.74) is 2.33. The lowest BCUT2D eigenvalue weighted by Crippen LogP contribution is -2.28. The maximum absolute atomic E-state index is 13.0. The number of furan rings is 1. The molecular formula is C24H23N3O2S2. The van der Waals surface area contributed by atoms with Crippen molar-refractivity contribution in [1.82, 2.24) is 4.90 Å². The fraction of sp³-hybridized carbons (Fsp3) is 0.208. The SMILES string of the molecule is CC(C)(C)c1ccc(/C=N/N=C2\S/C(=C\c3cccs3)C(=O)N2Cc2ccco2)cc1. The van der Waals surface area contributed by atoms with Crippen molar-refractivity contribution in [2.45, 2.75) is 32.7 Å². The summed E-state index contributed by atoms with van der Waals surface area (Å²) in [4.78, 5) is 16.2. The summed E-state index contributed by atoms with van der Waals surface area (Å²) in [6, 6.07) is 15.9. The molecule has 1 aromatic carbocycles. The number of benzene rings is 1. The lowest BCUT2D eigenvalue weighted by Gasteiger charge is -2.18. The summed E-state index contributed by atoms with van der Waals surface area (Å²) in [5.74, 6) is 0.596. The first-order valence-corrected chi connectivity index (χ1v) is 11.6. The molecule has 3 aromatic rings. The Morgan fingerprint density at radius 1 is 1.10 bits per heavy atom. The van der Waals surface area contributed by atoms with E-state index >= 15 is 0 Å². The molecule has 1 aliphatic rings. The molecule has 31 heavy (non-hydrogen) atoms. The highest BCUT2D eigenvalue weighted by Gasteiger charge is 2.34. The van der Waals surface area contributed by atoms with Crippen molar-refractivity contribution in [3.05, 3.63) is 86.8 Å². The van der Waals surface area contributed by atoms with Crippen LogP contribution in [0.1, 0.15) is 42.5 Å². The Bertz CT molecular complexity index is 1120. The first-order valence-electron chi connectivity index (χ1n) is 9.89. The monoisotopic (exact) mass is 449 g/mol. The minimum atomic E-state index is -0.0988. The molecule has 2 aromatic heterocycles. The van der Waals surface area contributed by atoms with Gasteiger partial charge in [-0.1, -0.05) is 51.1 Å². The molecule has 1 amide bonds. The van der Waals surface area contributed by atoms with Gasteiger partial charge in [-0.25, -0.2) is 0 Å². The van der Waals surface area contributed by atoms with Crippen LogP contribution in [0.15, 0.2) is 79.7 Å². The summed E-state index contributed by atoms with van der Waals surface area (Å²) in [6.45, 7) is 6.87. The third kappa shape index (κ3) is 5.24. The van der Waals surface area contributed by atoms with Crippen molar-refractivity contribution < 1.29 is 9.21 Å². The van der Waals surface area contributed by atoms with Gasteiger partial charge in [-0.05, 0) is 58.0 Å². The maximum Gasteiger partial charge on any atom is 0.267 e. The second-order valence-corrected chi connectivity index (χ2v) is 10.1. The molecule has 1 aliphatic heterocycles. The van der Waals surface area contributed by atoms with E-state index < -0.39 is 0 Å². The summed E-state index contributed by atoms with van der Waals surface area (Å²) in [5, 5.41) is 11.1. The number of carbonyl (C=O) groups excluding carboxylic acids is 1. The lowest BCUT2D eigenvalue weighted by molar-refractivity contribution is -0.122. The number of nitrogens with zero attached hydrogens (tertiary/aromatic N) is 3. The van der Waals surface area contributed by atoms with Gasteiger partial charge in [0.1, 0.15) is 5.76 Å². The largest absolute Gasteiger partial charge is 0.467 e. The van der Waals surface area contributed by atoms with Crippen molar-refractivity contribution >= 4 is 46.5 Å². The second kappa shape index (κ2) is 9.08.